The summed E-state index contributed by atoms with van der Waals surface area (Å²) in [6.45, 7) is -0.652. The molecule has 1 saturated carbocycles. The number of carboxylic acid groups (broad SMARTS) is 1. The molecular formula is C9H15F2NO3. The number of halogens is 2. The molecule has 0 radical (unpaired) electrons. The van der Waals surface area contributed by atoms with Gasteiger partial charge < -0.3 is 15.6 Å². The molecule has 0 aromatic rings. The van der Waals surface area contributed by atoms with Gasteiger partial charge in [-0.25, -0.2) is 8.78 Å². The Morgan fingerprint density at radius 3 is 2.87 bits per heavy atom. The second kappa shape index (κ2) is 4.85. The Morgan fingerprint density at radius 1 is 1.67 bits per heavy atom. The fraction of sp³-hybridized carbons (Fsp3) is 0.889. The lowest BCUT2D eigenvalue weighted by Gasteiger charge is -2.34. The second-order valence-corrected chi connectivity index (χ2v) is 3.90. The lowest BCUT2D eigenvalue weighted by molar-refractivity contribution is -0.147. The molecule has 0 aromatic carbocycles. The van der Waals surface area contributed by atoms with Crippen molar-refractivity contribution in [3.63, 3.8) is 0 Å². The monoisotopic (exact) mass is 223 g/mol. The van der Waals surface area contributed by atoms with Crippen molar-refractivity contribution < 1.29 is 23.4 Å². The van der Waals surface area contributed by atoms with Crippen LogP contribution in [0.15, 0.2) is 0 Å². The van der Waals surface area contributed by atoms with Crippen LogP contribution in [0.2, 0.25) is 0 Å². The van der Waals surface area contributed by atoms with Gasteiger partial charge in [-0.2, -0.15) is 0 Å². The Labute approximate surface area is 86.4 Å². The standard InChI is InChI=1S/C9H15F2NO3/c10-7(11)5-15-6-2-1-3-9(12,4-6)8(13)14/h6-7H,1-5,12H2,(H,13,14). The molecule has 0 bridgehead atoms. The van der Waals surface area contributed by atoms with Gasteiger partial charge in [0.1, 0.15) is 12.1 Å². The van der Waals surface area contributed by atoms with E-state index in [0.29, 0.717) is 19.3 Å². The third kappa shape index (κ3) is 3.39. The molecule has 6 heteroatoms. The Bertz CT molecular complexity index is 237. The van der Waals surface area contributed by atoms with E-state index in [1.54, 1.807) is 0 Å². The van der Waals surface area contributed by atoms with E-state index < -0.39 is 30.6 Å². The average molecular weight is 223 g/mol. The highest BCUT2D eigenvalue weighted by molar-refractivity contribution is 5.78. The molecule has 15 heavy (non-hydrogen) atoms. The lowest BCUT2D eigenvalue weighted by atomic mass is 9.81. The van der Waals surface area contributed by atoms with E-state index in [9.17, 15) is 13.6 Å². The van der Waals surface area contributed by atoms with Crippen molar-refractivity contribution in [2.75, 3.05) is 6.61 Å². The van der Waals surface area contributed by atoms with Gasteiger partial charge in [0, 0.05) is 6.42 Å². The molecule has 0 saturated heterocycles. The van der Waals surface area contributed by atoms with Crippen LogP contribution in [0.3, 0.4) is 0 Å². The molecule has 0 spiro atoms. The Morgan fingerprint density at radius 2 is 2.33 bits per heavy atom. The fourth-order valence-electron chi connectivity index (χ4n) is 1.80. The molecule has 3 N–H and O–H groups in total. The zero-order valence-corrected chi connectivity index (χ0v) is 8.29. The predicted octanol–water partition coefficient (Wildman–Crippen LogP) is 0.993. The quantitative estimate of drug-likeness (QED) is 0.745. The number of alkyl halides is 2. The summed E-state index contributed by atoms with van der Waals surface area (Å²) in [7, 11) is 0. The zero-order chi connectivity index (χ0) is 11.5. The van der Waals surface area contributed by atoms with Crippen LogP contribution >= 0.6 is 0 Å². The van der Waals surface area contributed by atoms with Crippen LogP contribution in [0.4, 0.5) is 8.78 Å². The van der Waals surface area contributed by atoms with E-state index in [4.69, 9.17) is 15.6 Å². The molecule has 2 atom stereocenters. The number of hydrogen-bond donors (Lipinski definition) is 2. The number of aliphatic carboxylic acids is 1. The first-order valence-corrected chi connectivity index (χ1v) is 4.86. The predicted molar refractivity (Wildman–Crippen MR) is 48.8 cm³/mol. The zero-order valence-electron chi connectivity index (χ0n) is 8.29. The van der Waals surface area contributed by atoms with Crippen LogP contribution < -0.4 is 5.73 Å². The highest BCUT2D eigenvalue weighted by Gasteiger charge is 2.39. The van der Waals surface area contributed by atoms with E-state index in [-0.39, 0.29) is 6.42 Å². The minimum atomic E-state index is -2.52. The number of rotatable bonds is 4. The Balaban J connectivity index is 2.45. The van der Waals surface area contributed by atoms with Gasteiger partial charge in [0.2, 0.25) is 0 Å². The first-order valence-electron chi connectivity index (χ1n) is 4.86. The number of nitrogens with two attached hydrogens (primary N) is 1. The summed E-state index contributed by atoms with van der Waals surface area (Å²) in [5, 5.41) is 8.86. The number of ether oxygens (including phenoxy) is 1. The van der Waals surface area contributed by atoms with Crippen molar-refractivity contribution in [1.82, 2.24) is 0 Å². The van der Waals surface area contributed by atoms with Gasteiger partial charge >= 0.3 is 5.97 Å². The highest BCUT2D eigenvalue weighted by Crippen LogP contribution is 2.28. The summed E-state index contributed by atoms with van der Waals surface area (Å²) < 4.78 is 28.6. The van der Waals surface area contributed by atoms with Crippen LogP contribution in [0.1, 0.15) is 25.7 Å². The molecule has 1 rings (SSSR count). The van der Waals surface area contributed by atoms with E-state index in [0.717, 1.165) is 0 Å². The molecule has 1 aliphatic rings. The van der Waals surface area contributed by atoms with Gasteiger partial charge in [0.25, 0.3) is 6.43 Å². The van der Waals surface area contributed by atoms with E-state index in [1.165, 1.54) is 0 Å². The maximum absolute atomic E-state index is 11.9. The summed E-state index contributed by atoms with van der Waals surface area (Å²) in [4.78, 5) is 10.8. The molecule has 1 fully saturated rings. The van der Waals surface area contributed by atoms with Crippen LogP contribution in [0.25, 0.3) is 0 Å². The van der Waals surface area contributed by atoms with Crippen LogP contribution in [0.5, 0.6) is 0 Å². The normalized spacial score (nSPS) is 31.9. The third-order valence-corrected chi connectivity index (χ3v) is 2.62. The average Bonchev–Trinajstić information content (AvgIpc) is 2.15. The topological polar surface area (TPSA) is 72.6 Å². The fourth-order valence-corrected chi connectivity index (χ4v) is 1.80. The second-order valence-electron chi connectivity index (χ2n) is 3.90. The van der Waals surface area contributed by atoms with Gasteiger partial charge in [-0.1, -0.05) is 0 Å². The van der Waals surface area contributed by atoms with Crippen molar-refractivity contribution in [3.8, 4) is 0 Å². The highest BCUT2D eigenvalue weighted by atomic mass is 19.3. The summed E-state index contributed by atoms with van der Waals surface area (Å²) in [5.41, 5.74) is 4.32. The maximum Gasteiger partial charge on any atom is 0.323 e. The molecule has 2 unspecified atom stereocenters. The minimum Gasteiger partial charge on any atom is -0.480 e. The van der Waals surface area contributed by atoms with Crippen molar-refractivity contribution in [1.29, 1.82) is 0 Å². The number of carbonyl (C=O) groups is 1. The first-order chi connectivity index (χ1) is 6.94. The summed E-state index contributed by atoms with van der Waals surface area (Å²) >= 11 is 0. The van der Waals surface area contributed by atoms with Gasteiger partial charge in [0.05, 0.1) is 6.10 Å². The van der Waals surface area contributed by atoms with Crippen molar-refractivity contribution in [2.24, 2.45) is 5.73 Å². The number of carboxylic acids is 1. The van der Waals surface area contributed by atoms with Crippen molar-refractivity contribution in [2.45, 2.75) is 43.8 Å². The van der Waals surface area contributed by atoms with Gasteiger partial charge in [-0.05, 0) is 19.3 Å². The van der Waals surface area contributed by atoms with Crippen molar-refractivity contribution >= 4 is 5.97 Å². The molecule has 0 aromatic heterocycles. The SMILES string of the molecule is NC1(C(=O)O)CCCC(OCC(F)F)C1. The van der Waals surface area contributed by atoms with E-state index in [1.807, 2.05) is 0 Å². The molecule has 0 amide bonds. The van der Waals surface area contributed by atoms with Crippen molar-refractivity contribution in [3.05, 3.63) is 0 Å². The molecule has 4 nitrogen and oxygen atoms in total. The Kier molecular flexibility index (Phi) is 3.98. The third-order valence-electron chi connectivity index (χ3n) is 2.62. The molecule has 0 aliphatic heterocycles. The van der Waals surface area contributed by atoms with Gasteiger partial charge in [0.15, 0.2) is 0 Å². The van der Waals surface area contributed by atoms with E-state index >= 15 is 0 Å². The number of hydrogen-bond acceptors (Lipinski definition) is 3. The minimum absolute atomic E-state index is 0.106. The summed E-state index contributed by atoms with van der Waals surface area (Å²) in [5.74, 6) is -1.09. The first kappa shape index (κ1) is 12.3. The molecule has 1 aliphatic carbocycles. The molecule has 88 valence electrons. The van der Waals surface area contributed by atoms with Crippen LogP contribution in [-0.4, -0.2) is 35.8 Å². The van der Waals surface area contributed by atoms with Gasteiger partial charge in [-0.3, -0.25) is 4.79 Å². The largest absolute Gasteiger partial charge is 0.480 e. The Hall–Kier alpha value is -0.750. The van der Waals surface area contributed by atoms with Crippen LogP contribution in [-0.2, 0) is 9.53 Å². The maximum atomic E-state index is 11.9. The lowest BCUT2D eigenvalue weighted by Crippen LogP contribution is -2.53. The molecule has 0 heterocycles. The van der Waals surface area contributed by atoms with E-state index in [2.05, 4.69) is 0 Å². The summed E-state index contributed by atoms with van der Waals surface area (Å²) in [6.07, 6.45) is -1.32. The molecular weight excluding hydrogens is 208 g/mol. The van der Waals surface area contributed by atoms with Gasteiger partial charge in [-0.15, -0.1) is 0 Å². The smallest absolute Gasteiger partial charge is 0.323 e. The summed E-state index contributed by atoms with van der Waals surface area (Å²) in [6, 6.07) is 0. The van der Waals surface area contributed by atoms with Crippen LogP contribution in [0, 0.1) is 0 Å².